The monoisotopic (exact) mass is 245 g/mol. The molecule has 0 saturated heterocycles. The van der Waals surface area contributed by atoms with Crippen LogP contribution in [0.15, 0.2) is 35.5 Å². The maximum Gasteiger partial charge on any atom is 0.141 e. The van der Waals surface area contributed by atoms with Gasteiger partial charge in [-0.1, -0.05) is 6.07 Å². The lowest BCUT2D eigenvalue weighted by Crippen LogP contribution is -1.94. The third kappa shape index (κ3) is 3.20. The van der Waals surface area contributed by atoms with E-state index >= 15 is 0 Å². The molecule has 0 amide bonds. The predicted octanol–water partition coefficient (Wildman–Crippen LogP) is 2.97. The molecule has 2 aromatic rings. The summed E-state index contributed by atoms with van der Waals surface area (Å²) in [7, 11) is 0. The molecule has 0 aliphatic heterocycles. The average molecular weight is 245 g/mol. The number of hydrogen-bond donors (Lipinski definition) is 1. The molecule has 0 bridgehead atoms. The van der Waals surface area contributed by atoms with Crippen LogP contribution >= 0.6 is 11.8 Å². The van der Waals surface area contributed by atoms with Crippen molar-refractivity contribution in [3.8, 4) is 0 Å². The number of nitrogen functional groups attached to an aromatic ring is 1. The Labute approximate surface area is 105 Å². The quantitative estimate of drug-likeness (QED) is 0.845. The lowest BCUT2D eigenvalue weighted by atomic mass is 10.1. The summed E-state index contributed by atoms with van der Waals surface area (Å²) in [6, 6.07) is 6.48. The van der Waals surface area contributed by atoms with Crippen LogP contribution in [0.5, 0.6) is 0 Å². The summed E-state index contributed by atoms with van der Waals surface area (Å²) in [6.07, 6.45) is 3.32. The Kier molecular flexibility index (Phi) is 3.64. The van der Waals surface area contributed by atoms with Crippen LogP contribution in [0, 0.1) is 13.8 Å². The Morgan fingerprint density at radius 3 is 2.59 bits per heavy atom. The van der Waals surface area contributed by atoms with E-state index in [1.165, 1.54) is 16.0 Å². The largest absolute Gasteiger partial charge is 0.382 e. The number of hydrogen-bond acceptors (Lipinski definition) is 4. The first kappa shape index (κ1) is 11.9. The Hall–Kier alpha value is -1.55. The van der Waals surface area contributed by atoms with Gasteiger partial charge in [0.1, 0.15) is 5.82 Å². The third-order valence-corrected chi connectivity index (χ3v) is 3.62. The van der Waals surface area contributed by atoms with Crippen molar-refractivity contribution < 1.29 is 0 Å². The first-order valence-electron chi connectivity index (χ1n) is 5.41. The molecule has 88 valence electrons. The normalized spacial score (nSPS) is 10.5. The molecular formula is C13H15N3S. The summed E-state index contributed by atoms with van der Waals surface area (Å²) >= 11 is 1.76. The van der Waals surface area contributed by atoms with Crippen LogP contribution in [-0.2, 0) is 5.75 Å². The van der Waals surface area contributed by atoms with Gasteiger partial charge in [-0.3, -0.25) is 4.98 Å². The zero-order valence-corrected chi connectivity index (χ0v) is 10.8. The Balaban J connectivity index is 2.02. The fourth-order valence-electron chi connectivity index (χ4n) is 1.40. The van der Waals surface area contributed by atoms with Gasteiger partial charge in [-0.05, 0) is 37.1 Å². The van der Waals surface area contributed by atoms with Crippen LogP contribution < -0.4 is 5.73 Å². The number of aromatic nitrogens is 2. The maximum absolute atomic E-state index is 5.49. The highest BCUT2D eigenvalue weighted by Crippen LogP contribution is 2.23. The molecule has 2 rings (SSSR count). The smallest absolute Gasteiger partial charge is 0.141 e. The van der Waals surface area contributed by atoms with E-state index in [2.05, 4.69) is 42.0 Å². The van der Waals surface area contributed by atoms with E-state index < -0.39 is 0 Å². The summed E-state index contributed by atoms with van der Waals surface area (Å²) < 4.78 is 0. The molecule has 1 aromatic carbocycles. The van der Waals surface area contributed by atoms with Crippen molar-refractivity contribution in [3.63, 3.8) is 0 Å². The number of rotatable bonds is 3. The van der Waals surface area contributed by atoms with Gasteiger partial charge in [0.15, 0.2) is 0 Å². The van der Waals surface area contributed by atoms with Crippen molar-refractivity contribution in [2.45, 2.75) is 24.5 Å². The van der Waals surface area contributed by atoms with Gasteiger partial charge in [-0.25, -0.2) is 4.98 Å². The fourth-order valence-corrected chi connectivity index (χ4v) is 2.29. The minimum absolute atomic E-state index is 0.463. The average Bonchev–Trinajstić information content (AvgIpc) is 2.33. The molecule has 0 fully saturated rings. The van der Waals surface area contributed by atoms with Crippen molar-refractivity contribution in [1.29, 1.82) is 0 Å². The van der Waals surface area contributed by atoms with Crippen LogP contribution in [0.4, 0.5) is 5.82 Å². The molecule has 1 aromatic heterocycles. The molecule has 3 nitrogen and oxygen atoms in total. The number of anilines is 1. The van der Waals surface area contributed by atoms with Gasteiger partial charge >= 0.3 is 0 Å². The van der Waals surface area contributed by atoms with Gasteiger partial charge in [0.2, 0.25) is 0 Å². The highest BCUT2D eigenvalue weighted by Gasteiger charge is 2.00. The minimum Gasteiger partial charge on any atom is -0.382 e. The van der Waals surface area contributed by atoms with Crippen LogP contribution in [0.3, 0.4) is 0 Å². The molecule has 4 heteroatoms. The number of aryl methyl sites for hydroxylation is 2. The third-order valence-electron chi connectivity index (χ3n) is 2.59. The van der Waals surface area contributed by atoms with E-state index in [-0.39, 0.29) is 0 Å². The van der Waals surface area contributed by atoms with Gasteiger partial charge in [0, 0.05) is 10.6 Å². The van der Waals surface area contributed by atoms with E-state index in [9.17, 15) is 0 Å². The Bertz CT molecular complexity index is 509. The van der Waals surface area contributed by atoms with Crippen molar-refractivity contribution >= 4 is 17.6 Å². The lowest BCUT2D eigenvalue weighted by Gasteiger charge is -2.04. The van der Waals surface area contributed by atoms with Gasteiger partial charge < -0.3 is 5.73 Å². The van der Waals surface area contributed by atoms with Crippen LogP contribution in [-0.4, -0.2) is 9.97 Å². The molecular weight excluding hydrogens is 230 g/mol. The minimum atomic E-state index is 0.463. The van der Waals surface area contributed by atoms with E-state index in [0.29, 0.717) is 5.82 Å². The summed E-state index contributed by atoms with van der Waals surface area (Å²) in [5.74, 6) is 1.28. The highest BCUT2D eigenvalue weighted by atomic mass is 32.2. The second-order valence-electron chi connectivity index (χ2n) is 3.97. The molecule has 0 aliphatic carbocycles. The summed E-state index contributed by atoms with van der Waals surface area (Å²) in [5.41, 5.74) is 9.08. The van der Waals surface area contributed by atoms with Crippen LogP contribution in [0.2, 0.25) is 0 Å². The molecule has 0 atom stereocenters. The zero-order chi connectivity index (χ0) is 12.3. The first-order chi connectivity index (χ1) is 8.15. The standard InChI is InChI=1S/C13H15N3S/c1-9-3-4-12(5-10(9)2)17-8-11-6-16-13(14)7-15-11/h3-7H,8H2,1-2H3,(H2,14,16). The topological polar surface area (TPSA) is 51.8 Å². The summed E-state index contributed by atoms with van der Waals surface area (Å²) in [6.45, 7) is 4.25. The second kappa shape index (κ2) is 5.19. The van der Waals surface area contributed by atoms with Gasteiger partial charge in [-0.2, -0.15) is 0 Å². The molecule has 0 unspecified atom stereocenters. The van der Waals surface area contributed by atoms with Crippen LogP contribution in [0.25, 0.3) is 0 Å². The summed E-state index contributed by atoms with van der Waals surface area (Å²) in [4.78, 5) is 9.51. The Morgan fingerprint density at radius 1 is 1.12 bits per heavy atom. The molecule has 0 radical (unpaired) electrons. The van der Waals surface area contributed by atoms with Gasteiger partial charge in [0.05, 0.1) is 18.1 Å². The van der Waals surface area contributed by atoms with E-state index in [4.69, 9.17) is 5.73 Å². The van der Waals surface area contributed by atoms with Crippen molar-refractivity contribution in [1.82, 2.24) is 9.97 Å². The van der Waals surface area contributed by atoms with Crippen LogP contribution in [0.1, 0.15) is 16.8 Å². The fraction of sp³-hybridized carbons (Fsp3) is 0.231. The Morgan fingerprint density at radius 2 is 1.94 bits per heavy atom. The van der Waals surface area contributed by atoms with Gasteiger partial charge in [-0.15, -0.1) is 11.8 Å². The number of thioether (sulfide) groups is 1. The second-order valence-corrected chi connectivity index (χ2v) is 5.02. The molecule has 0 aliphatic rings. The molecule has 17 heavy (non-hydrogen) atoms. The molecule has 1 heterocycles. The zero-order valence-electron chi connectivity index (χ0n) is 9.97. The molecule has 0 spiro atoms. The maximum atomic E-state index is 5.49. The number of nitrogens with zero attached hydrogens (tertiary/aromatic N) is 2. The van der Waals surface area contributed by atoms with Gasteiger partial charge in [0.25, 0.3) is 0 Å². The molecule has 2 N–H and O–H groups in total. The van der Waals surface area contributed by atoms with Crippen molar-refractivity contribution in [2.24, 2.45) is 0 Å². The van der Waals surface area contributed by atoms with Crippen molar-refractivity contribution in [2.75, 3.05) is 5.73 Å². The van der Waals surface area contributed by atoms with E-state index in [1.54, 1.807) is 24.2 Å². The van der Waals surface area contributed by atoms with E-state index in [1.807, 2.05) is 0 Å². The summed E-state index contributed by atoms with van der Waals surface area (Å²) in [5, 5.41) is 0. The van der Waals surface area contributed by atoms with Crippen molar-refractivity contribution in [3.05, 3.63) is 47.4 Å². The molecule has 0 saturated carbocycles. The first-order valence-corrected chi connectivity index (χ1v) is 6.40. The lowest BCUT2D eigenvalue weighted by molar-refractivity contribution is 1.11. The SMILES string of the molecule is Cc1ccc(SCc2cnc(N)cn2)cc1C. The number of nitrogens with two attached hydrogens (primary N) is 1. The predicted molar refractivity (Wildman–Crippen MR) is 71.9 cm³/mol. The highest BCUT2D eigenvalue weighted by molar-refractivity contribution is 7.98. The van der Waals surface area contributed by atoms with E-state index in [0.717, 1.165) is 11.4 Å². The number of benzene rings is 1.